The van der Waals surface area contributed by atoms with Crippen molar-refractivity contribution in [1.82, 2.24) is 0 Å². The van der Waals surface area contributed by atoms with E-state index in [2.05, 4.69) is 47.8 Å². The molecule has 0 heterocycles. The summed E-state index contributed by atoms with van der Waals surface area (Å²) in [6.07, 6.45) is 0.276. The fraction of sp³-hybridized carbons (Fsp3) is 0.250. The smallest absolute Gasteiger partial charge is 0.129 e. The highest BCUT2D eigenvalue weighted by molar-refractivity contribution is 9.10. The molecular formula is C16H13Br3F2. The monoisotopic (exact) mass is 480 g/mol. The maximum atomic E-state index is 14.0. The molecule has 0 unspecified atom stereocenters. The third-order valence-corrected chi connectivity index (χ3v) is 6.17. The molecule has 0 aromatic heterocycles. The zero-order valence-corrected chi connectivity index (χ0v) is 15.8. The van der Waals surface area contributed by atoms with E-state index in [0.717, 1.165) is 10.0 Å². The van der Waals surface area contributed by atoms with Crippen LogP contribution in [-0.4, -0.2) is 10.7 Å². The topological polar surface area (TPSA) is 0 Å². The lowest BCUT2D eigenvalue weighted by molar-refractivity contribution is 0.491. The zero-order valence-electron chi connectivity index (χ0n) is 11.1. The first-order chi connectivity index (χ1) is 10.0. The van der Waals surface area contributed by atoms with Crippen LogP contribution in [-0.2, 0) is 11.8 Å². The van der Waals surface area contributed by atoms with Gasteiger partial charge in [0.15, 0.2) is 0 Å². The van der Waals surface area contributed by atoms with Crippen molar-refractivity contribution >= 4 is 47.8 Å². The van der Waals surface area contributed by atoms with E-state index in [-0.39, 0.29) is 12.0 Å². The summed E-state index contributed by atoms with van der Waals surface area (Å²) in [5.41, 5.74) is 0.719. The van der Waals surface area contributed by atoms with E-state index in [4.69, 9.17) is 0 Å². The molecule has 0 saturated carbocycles. The molecule has 5 heteroatoms. The number of hydrogen-bond donors (Lipinski definition) is 0. The maximum Gasteiger partial charge on any atom is 0.129 e. The van der Waals surface area contributed by atoms with Gasteiger partial charge < -0.3 is 0 Å². The van der Waals surface area contributed by atoms with E-state index in [1.54, 1.807) is 0 Å². The number of rotatable bonds is 5. The molecule has 2 rings (SSSR count). The number of benzene rings is 2. The molecule has 0 spiro atoms. The molecule has 21 heavy (non-hydrogen) atoms. The van der Waals surface area contributed by atoms with Crippen molar-refractivity contribution in [2.45, 2.75) is 11.8 Å². The molecule has 0 fully saturated rings. The average molecular weight is 483 g/mol. The molecule has 2 aromatic carbocycles. The Morgan fingerprint density at radius 3 is 2.00 bits per heavy atom. The Hall–Kier alpha value is -0.260. The number of alkyl halides is 2. The van der Waals surface area contributed by atoms with E-state index in [0.29, 0.717) is 10.7 Å². The Kier molecular flexibility index (Phi) is 5.97. The van der Waals surface area contributed by atoms with Crippen LogP contribution in [0.4, 0.5) is 8.78 Å². The van der Waals surface area contributed by atoms with Crippen LogP contribution in [0.5, 0.6) is 0 Å². The van der Waals surface area contributed by atoms with Gasteiger partial charge in [-0.3, -0.25) is 0 Å². The molecule has 0 aliphatic carbocycles. The molecule has 0 atom stereocenters. The molecule has 0 radical (unpaired) electrons. The first-order valence-electron chi connectivity index (χ1n) is 6.33. The maximum absolute atomic E-state index is 14.0. The third-order valence-electron chi connectivity index (χ3n) is 3.53. The molecule has 0 aliphatic rings. The zero-order chi connectivity index (χ0) is 15.5. The van der Waals surface area contributed by atoms with Crippen molar-refractivity contribution in [3.8, 4) is 0 Å². The molecular weight excluding hydrogens is 470 g/mol. The molecule has 2 aromatic rings. The Balaban J connectivity index is 2.48. The van der Waals surface area contributed by atoms with E-state index >= 15 is 0 Å². The first kappa shape index (κ1) is 17.1. The lowest BCUT2D eigenvalue weighted by Crippen LogP contribution is -2.33. The summed E-state index contributed by atoms with van der Waals surface area (Å²) in [5, 5.41) is 1.19. The minimum atomic E-state index is -0.503. The van der Waals surface area contributed by atoms with Crippen molar-refractivity contribution in [3.05, 3.63) is 69.7 Å². The Morgan fingerprint density at radius 1 is 0.905 bits per heavy atom. The van der Waals surface area contributed by atoms with Crippen LogP contribution in [0.1, 0.15) is 11.1 Å². The highest BCUT2D eigenvalue weighted by atomic mass is 79.9. The van der Waals surface area contributed by atoms with Crippen LogP contribution in [0.3, 0.4) is 0 Å². The summed E-state index contributed by atoms with van der Waals surface area (Å²) in [4.78, 5) is 0. The number of halogens is 5. The average Bonchev–Trinajstić information content (AvgIpc) is 2.48. The van der Waals surface area contributed by atoms with Crippen LogP contribution >= 0.6 is 47.8 Å². The quantitative estimate of drug-likeness (QED) is 0.459. The van der Waals surface area contributed by atoms with Crippen LogP contribution < -0.4 is 0 Å². The molecule has 0 aliphatic heterocycles. The fourth-order valence-corrected chi connectivity index (χ4v) is 4.62. The van der Waals surface area contributed by atoms with Gasteiger partial charge in [0, 0.05) is 26.1 Å². The van der Waals surface area contributed by atoms with Crippen LogP contribution in [0.15, 0.2) is 46.9 Å². The van der Waals surface area contributed by atoms with Gasteiger partial charge in [-0.05, 0) is 36.2 Å². The van der Waals surface area contributed by atoms with Gasteiger partial charge >= 0.3 is 0 Å². The predicted octanol–water partition coefficient (Wildman–Crippen LogP) is 6.00. The van der Waals surface area contributed by atoms with Crippen LogP contribution in [0, 0.1) is 11.6 Å². The van der Waals surface area contributed by atoms with Gasteiger partial charge in [0.1, 0.15) is 11.6 Å². The van der Waals surface area contributed by atoms with Gasteiger partial charge in [0.25, 0.3) is 0 Å². The second-order valence-electron chi connectivity index (χ2n) is 4.93. The summed E-state index contributed by atoms with van der Waals surface area (Å²) in [6.45, 7) is 0. The van der Waals surface area contributed by atoms with Gasteiger partial charge in [0.2, 0.25) is 0 Å². The van der Waals surface area contributed by atoms with Crippen molar-refractivity contribution in [2.24, 2.45) is 0 Å². The number of hydrogen-bond acceptors (Lipinski definition) is 0. The standard InChI is InChI=1S/C16H13Br3F2/c17-9-16(10-18,11-3-1-4-12(19)7-11)8-13-14(20)5-2-6-15(13)21/h1-7H,8-10H2. The first-order valence-corrected chi connectivity index (χ1v) is 9.37. The molecule has 0 bridgehead atoms. The SMILES string of the molecule is Fc1cccc(F)c1CC(CBr)(CBr)c1cccc(Br)c1. The summed E-state index contributed by atoms with van der Waals surface area (Å²) >= 11 is 10.5. The van der Waals surface area contributed by atoms with Gasteiger partial charge in [-0.1, -0.05) is 66.0 Å². The summed E-state index contributed by atoms with van der Waals surface area (Å²) in [6, 6.07) is 11.8. The molecule has 112 valence electrons. The predicted molar refractivity (Wildman–Crippen MR) is 93.5 cm³/mol. The highest BCUT2D eigenvalue weighted by Gasteiger charge is 2.32. The van der Waals surface area contributed by atoms with Crippen molar-refractivity contribution in [2.75, 3.05) is 10.7 Å². The second-order valence-corrected chi connectivity index (χ2v) is 6.97. The van der Waals surface area contributed by atoms with Crippen LogP contribution in [0.25, 0.3) is 0 Å². The molecule has 0 nitrogen and oxygen atoms in total. The summed E-state index contributed by atoms with van der Waals surface area (Å²) < 4.78 is 28.9. The largest absolute Gasteiger partial charge is 0.207 e. The normalized spacial score (nSPS) is 11.7. The van der Waals surface area contributed by atoms with Crippen molar-refractivity contribution < 1.29 is 8.78 Å². The second kappa shape index (κ2) is 7.34. The van der Waals surface area contributed by atoms with Gasteiger partial charge in [-0.25, -0.2) is 8.78 Å². The molecule has 0 amide bonds. The van der Waals surface area contributed by atoms with E-state index in [1.165, 1.54) is 18.2 Å². The van der Waals surface area contributed by atoms with Crippen molar-refractivity contribution in [3.63, 3.8) is 0 Å². The van der Waals surface area contributed by atoms with E-state index in [1.807, 2.05) is 24.3 Å². The summed E-state index contributed by atoms with van der Waals surface area (Å²) in [5.74, 6) is -1.01. The fourth-order valence-electron chi connectivity index (χ4n) is 2.24. The van der Waals surface area contributed by atoms with Gasteiger partial charge in [-0.15, -0.1) is 0 Å². The van der Waals surface area contributed by atoms with Gasteiger partial charge in [-0.2, -0.15) is 0 Å². The minimum absolute atomic E-state index is 0.122. The van der Waals surface area contributed by atoms with Crippen molar-refractivity contribution in [1.29, 1.82) is 0 Å². The van der Waals surface area contributed by atoms with E-state index < -0.39 is 17.0 Å². The highest BCUT2D eigenvalue weighted by Crippen LogP contribution is 2.35. The Bertz CT molecular complexity index is 604. The Labute approximate surface area is 148 Å². The van der Waals surface area contributed by atoms with Gasteiger partial charge in [0.05, 0.1) is 0 Å². The molecule has 0 N–H and O–H groups in total. The third kappa shape index (κ3) is 3.74. The van der Waals surface area contributed by atoms with E-state index in [9.17, 15) is 8.78 Å². The Morgan fingerprint density at radius 2 is 1.48 bits per heavy atom. The molecule has 0 saturated heterocycles. The summed E-state index contributed by atoms with van der Waals surface area (Å²) in [7, 11) is 0. The minimum Gasteiger partial charge on any atom is -0.207 e. The lowest BCUT2D eigenvalue weighted by atomic mass is 9.79. The lowest BCUT2D eigenvalue weighted by Gasteiger charge is -2.31. The van der Waals surface area contributed by atoms with Crippen LogP contribution in [0.2, 0.25) is 0 Å².